The smallest absolute Gasteiger partial charge is 0.323 e. The van der Waals surface area contributed by atoms with Gasteiger partial charge < -0.3 is 9.47 Å². The van der Waals surface area contributed by atoms with Crippen molar-refractivity contribution in [3.63, 3.8) is 0 Å². The summed E-state index contributed by atoms with van der Waals surface area (Å²) in [7, 11) is 2.53. The Balaban J connectivity index is 2.84. The number of allylic oxidation sites excluding steroid dienone is 3. The fraction of sp³-hybridized carbons (Fsp3) is 0.455. The maximum Gasteiger partial charge on any atom is 0.323 e. The Morgan fingerprint density at radius 3 is 2.27 bits per heavy atom. The van der Waals surface area contributed by atoms with Gasteiger partial charge in [-0.1, -0.05) is 24.8 Å². The second-order valence-electron chi connectivity index (χ2n) is 3.39. The average molecular weight is 210 g/mol. The Kier molecular flexibility index (Phi) is 3.29. The van der Waals surface area contributed by atoms with E-state index in [9.17, 15) is 9.59 Å². The molecule has 0 saturated heterocycles. The molecule has 1 unspecified atom stereocenters. The molecule has 4 heteroatoms. The summed E-state index contributed by atoms with van der Waals surface area (Å²) in [5.41, 5.74) is -1.12. The van der Waals surface area contributed by atoms with Crippen LogP contribution >= 0.6 is 0 Å². The molecule has 0 aromatic heterocycles. The molecular weight excluding hydrogens is 196 g/mol. The molecule has 0 aromatic rings. The average Bonchev–Trinajstić information content (AvgIpc) is 2.99. The number of hydrogen-bond donors (Lipinski definition) is 0. The third-order valence-corrected chi connectivity index (χ3v) is 2.59. The van der Waals surface area contributed by atoms with Crippen LogP contribution < -0.4 is 0 Å². The quantitative estimate of drug-likeness (QED) is 0.396. The van der Waals surface area contributed by atoms with Crippen LogP contribution in [0.3, 0.4) is 0 Å². The Hall–Kier alpha value is -1.58. The van der Waals surface area contributed by atoms with Gasteiger partial charge >= 0.3 is 11.9 Å². The molecular formula is C11H14O4. The summed E-state index contributed by atoms with van der Waals surface area (Å²) in [6.45, 7) is 3.52. The molecule has 1 saturated carbocycles. The SMILES string of the molecule is C=CC=CC1CC1(C(=O)OC)C(=O)OC. The molecule has 4 nitrogen and oxygen atoms in total. The zero-order valence-electron chi connectivity index (χ0n) is 8.86. The topological polar surface area (TPSA) is 52.6 Å². The van der Waals surface area contributed by atoms with E-state index in [4.69, 9.17) is 0 Å². The van der Waals surface area contributed by atoms with Gasteiger partial charge in [-0.15, -0.1) is 0 Å². The van der Waals surface area contributed by atoms with Crippen molar-refractivity contribution in [2.75, 3.05) is 14.2 Å². The van der Waals surface area contributed by atoms with Crippen molar-refractivity contribution in [3.05, 3.63) is 24.8 Å². The molecule has 0 N–H and O–H groups in total. The first kappa shape index (κ1) is 11.5. The number of rotatable bonds is 4. The first-order valence-electron chi connectivity index (χ1n) is 4.59. The molecule has 0 amide bonds. The number of esters is 2. The van der Waals surface area contributed by atoms with Crippen molar-refractivity contribution in [1.29, 1.82) is 0 Å². The van der Waals surface area contributed by atoms with Crippen LogP contribution in [0.1, 0.15) is 6.42 Å². The highest BCUT2D eigenvalue weighted by Crippen LogP contribution is 2.55. The van der Waals surface area contributed by atoms with E-state index in [1.54, 1.807) is 18.2 Å². The molecule has 0 radical (unpaired) electrons. The van der Waals surface area contributed by atoms with Gasteiger partial charge in [0.25, 0.3) is 0 Å². The van der Waals surface area contributed by atoms with E-state index in [1.165, 1.54) is 14.2 Å². The van der Waals surface area contributed by atoms with E-state index < -0.39 is 17.4 Å². The molecule has 0 aromatic carbocycles. The highest BCUT2D eigenvalue weighted by molar-refractivity contribution is 6.04. The second kappa shape index (κ2) is 4.29. The van der Waals surface area contributed by atoms with Crippen molar-refractivity contribution in [3.8, 4) is 0 Å². The Bertz CT molecular complexity index is 301. The van der Waals surface area contributed by atoms with Crippen molar-refractivity contribution < 1.29 is 19.1 Å². The van der Waals surface area contributed by atoms with Gasteiger partial charge in [-0.05, 0) is 6.42 Å². The third kappa shape index (κ3) is 1.79. The molecule has 1 aliphatic carbocycles. The zero-order chi connectivity index (χ0) is 11.5. The fourth-order valence-corrected chi connectivity index (χ4v) is 1.65. The third-order valence-electron chi connectivity index (χ3n) is 2.59. The molecule has 1 aliphatic rings. The van der Waals surface area contributed by atoms with Crippen molar-refractivity contribution in [2.24, 2.45) is 11.3 Å². The van der Waals surface area contributed by atoms with Crippen molar-refractivity contribution in [2.45, 2.75) is 6.42 Å². The summed E-state index contributed by atoms with van der Waals surface area (Å²) in [6, 6.07) is 0. The number of hydrogen-bond acceptors (Lipinski definition) is 4. The lowest BCUT2D eigenvalue weighted by molar-refractivity contribution is -0.161. The van der Waals surface area contributed by atoms with Crippen molar-refractivity contribution >= 4 is 11.9 Å². The predicted molar refractivity (Wildman–Crippen MR) is 53.9 cm³/mol. The van der Waals surface area contributed by atoms with Gasteiger partial charge in [0.1, 0.15) is 0 Å². The van der Waals surface area contributed by atoms with Crippen LogP contribution in [0.4, 0.5) is 0 Å². The van der Waals surface area contributed by atoms with Gasteiger partial charge in [-0.25, -0.2) is 0 Å². The van der Waals surface area contributed by atoms with Gasteiger partial charge in [0, 0.05) is 5.92 Å². The highest BCUT2D eigenvalue weighted by atomic mass is 16.5. The lowest BCUT2D eigenvalue weighted by atomic mass is 10.0. The van der Waals surface area contributed by atoms with Crippen LogP contribution in [0.25, 0.3) is 0 Å². The van der Waals surface area contributed by atoms with Gasteiger partial charge in [-0.3, -0.25) is 9.59 Å². The standard InChI is InChI=1S/C11H14O4/c1-4-5-6-8-7-11(8,9(12)14-2)10(13)15-3/h4-6,8H,1,7H2,2-3H3. The van der Waals surface area contributed by atoms with Crippen LogP contribution in [0, 0.1) is 11.3 Å². The molecule has 82 valence electrons. The van der Waals surface area contributed by atoms with E-state index in [1.807, 2.05) is 0 Å². The second-order valence-corrected chi connectivity index (χ2v) is 3.39. The molecule has 0 spiro atoms. The largest absolute Gasteiger partial charge is 0.468 e. The predicted octanol–water partition coefficient (Wildman–Crippen LogP) is 1.08. The highest BCUT2D eigenvalue weighted by Gasteiger charge is 2.66. The van der Waals surface area contributed by atoms with Gasteiger partial charge in [0.05, 0.1) is 14.2 Å². The molecule has 1 fully saturated rings. The Labute approximate surface area is 88.6 Å². The number of carbonyl (C=O) groups is 2. The summed E-state index contributed by atoms with van der Waals surface area (Å²) in [5.74, 6) is -1.21. The molecule has 0 heterocycles. The minimum atomic E-state index is -1.12. The van der Waals surface area contributed by atoms with Crippen LogP contribution in [0.15, 0.2) is 24.8 Å². The molecule has 1 atom stereocenters. The van der Waals surface area contributed by atoms with Crippen molar-refractivity contribution in [1.82, 2.24) is 0 Å². The summed E-state index contributed by atoms with van der Waals surface area (Å²) in [6.07, 6.45) is 5.51. The number of methoxy groups -OCH3 is 2. The summed E-state index contributed by atoms with van der Waals surface area (Å²) in [4.78, 5) is 23.0. The van der Waals surface area contributed by atoms with E-state index in [0.717, 1.165) is 0 Å². The monoisotopic (exact) mass is 210 g/mol. The van der Waals surface area contributed by atoms with Crippen LogP contribution in [0.2, 0.25) is 0 Å². The van der Waals surface area contributed by atoms with Gasteiger partial charge in [-0.2, -0.15) is 0 Å². The molecule has 0 aliphatic heterocycles. The van der Waals surface area contributed by atoms with Crippen LogP contribution in [0.5, 0.6) is 0 Å². The molecule has 0 bridgehead atoms. The Morgan fingerprint density at radius 2 is 1.87 bits per heavy atom. The fourth-order valence-electron chi connectivity index (χ4n) is 1.65. The van der Waals surface area contributed by atoms with Crippen LogP contribution in [-0.2, 0) is 19.1 Å². The lowest BCUT2D eigenvalue weighted by Gasteiger charge is -2.10. The first-order chi connectivity index (χ1) is 7.13. The number of ether oxygens (including phenoxy) is 2. The maximum atomic E-state index is 11.5. The summed E-state index contributed by atoms with van der Waals surface area (Å²) >= 11 is 0. The van der Waals surface area contributed by atoms with E-state index in [-0.39, 0.29) is 5.92 Å². The van der Waals surface area contributed by atoms with E-state index in [2.05, 4.69) is 16.1 Å². The van der Waals surface area contributed by atoms with E-state index >= 15 is 0 Å². The summed E-state index contributed by atoms with van der Waals surface area (Å²) in [5, 5.41) is 0. The molecule has 15 heavy (non-hydrogen) atoms. The van der Waals surface area contributed by atoms with Gasteiger partial charge in [0.15, 0.2) is 5.41 Å². The first-order valence-corrected chi connectivity index (χ1v) is 4.59. The van der Waals surface area contributed by atoms with Crippen LogP contribution in [-0.4, -0.2) is 26.2 Å². The molecule has 1 rings (SSSR count). The minimum absolute atomic E-state index is 0.143. The zero-order valence-corrected chi connectivity index (χ0v) is 8.86. The number of carbonyl (C=O) groups excluding carboxylic acids is 2. The Morgan fingerprint density at radius 1 is 1.33 bits per heavy atom. The lowest BCUT2D eigenvalue weighted by Crippen LogP contribution is -2.30. The maximum absolute atomic E-state index is 11.5. The van der Waals surface area contributed by atoms with E-state index in [0.29, 0.717) is 6.42 Å². The normalized spacial score (nSPS) is 22.1. The summed E-state index contributed by atoms with van der Waals surface area (Å²) < 4.78 is 9.22. The van der Waals surface area contributed by atoms with Gasteiger partial charge in [0.2, 0.25) is 0 Å². The minimum Gasteiger partial charge on any atom is -0.468 e.